The molecular weight excluding hydrogens is 216 g/mol. The van der Waals surface area contributed by atoms with E-state index in [1.54, 1.807) is 12.1 Å². The number of carboxylic acids is 1. The molecule has 0 aliphatic heterocycles. The summed E-state index contributed by atoms with van der Waals surface area (Å²) < 4.78 is 5.44. The lowest BCUT2D eigenvalue weighted by molar-refractivity contribution is -0.151. The van der Waals surface area contributed by atoms with Crippen molar-refractivity contribution in [2.45, 2.75) is 38.7 Å². The normalized spacial score (nSPS) is 12.3. The maximum Gasteiger partial charge on any atom is 0.337 e. The second kappa shape index (κ2) is 7.85. The molecule has 0 aromatic heterocycles. The first-order valence-corrected chi connectivity index (χ1v) is 6.15. The van der Waals surface area contributed by atoms with Gasteiger partial charge in [-0.2, -0.15) is 0 Å². The van der Waals surface area contributed by atoms with Gasteiger partial charge >= 0.3 is 5.97 Å². The number of aliphatic carboxylic acids is 1. The smallest absolute Gasteiger partial charge is 0.337 e. The molecule has 1 atom stereocenters. The van der Waals surface area contributed by atoms with Gasteiger partial charge in [0.2, 0.25) is 0 Å². The topological polar surface area (TPSA) is 46.5 Å². The lowest BCUT2D eigenvalue weighted by Gasteiger charge is -2.13. The van der Waals surface area contributed by atoms with Crippen LogP contribution in [0.4, 0.5) is 0 Å². The van der Waals surface area contributed by atoms with Gasteiger partial charge in [0, 0.05) is 6.61 Å². The van der Waals surface area contributed by atoms with Crippen LogP contribution >= 0.6 is 0 Å². The van der Waals surface area contributed by atoms with E-state index in [4.69, 9.17) is 9.84 Å². The van der Waals surface area contributed by atoms with Crippen LogP contribution in [0, 0.1) is 0 Å². The molecule has 0 spiro atoms. The first-order chi connectivity index (χ1) is 8.25. The van der Waals surface area contributed by atoms with E-state index in [1.165, 1.54) is 12.8 Å². The van der Waals surface area contributed by atoms with Crippen LogP contribution < -0.4 is 0 Å². The summed E-state index contributed by atoms with van der Waals surface area (Å²) in [5.41, 5.74) is 0.704. The number of unbranched alkanes of at least 4 members (excludes halogenated alkanes) is 3. The lowest BCUT2D eigenvalue weighted by atomic mass is 10.1. The van der Waals surface area contributed by atoms with Crippen molar-refractivity contribution in [3.63, 3.8) is 0 Å². The number of hydrogen-bond acceptors (Lipinski definition) is 2. The second-order valence-corrected chi connectivity index (χ2v) is 4.06. The summed E-state index contributed by atoms with van der Waals surface area (Å²) in [5.74, 6) is -0.924. The van der Waals surface area contributed by atoms with Gasteiger partial charge in [0.15, 0.2) is 6.10 Å². The molecule has 0 fully saturated rings. The van der Waals surface area contributed by atoms with Crippen molar-refractivity contribution in [2.24, 2.45) is 0 Å². The molecule has 0 saturated heterocycles. The van der Waals surface area contributed by atoms with E-state index < -0.39 is 12.1 Å². The highest BCUT2D eigenvalue weighted by atomic mass is 16.5. The highest BCUT2D eigenvalue weighted by Gasteiger charge is 2.19. The Balaban J connectivity index is 2.42. The maximum absolute atomic E-state index is 11.1. The van der Waals surface area contributed by atoms with Gasteiger partial charge < -0.3 is 9.84 Å². The molecule has 1 aromatic rings. The van der Waals surface area contributed by atoms with Gasteiger partial charge in [-0.3, -0.25) is 0 Å². The van der Waals surface area contributed by atoms with Gasteiger partial charge in [-0.05, 0) is 12.0 Å². The Hall–Kier alpha value is -1.35. The van der Waals surface area contributed by atoms with Crippen molar-refractivity contribution in [3.8, 4) is 0 Å². The molecule has 3 heteroatoms. The van der Waals surface area contributed by atoms with E-state index in [2.05, 4.69) is 6.92 Å². The Kier molecular flexibility index (Phi) is 6.33. The molecule has 0 radical (unpaired) electrons. The van der Waals surface area contributed by atoms with Crippen LogP contribution in [0.2, 0.25) is 0 Å². The fourth-order valence-electron chi connectivity index (χ4n) is 1.67. The van der Waals surface area contributed by atoms with Crippen molar-refractivity contribution in [2.75, 3.05) is 6.61 Å². The third kappa shape index (κ3) is 5.00. The van der Waals surface area contributed by atoms with E-state index >= 15 is 0 Å². The number of carboxylic acid groups (broad SMARTS) is 1. The Morgan fingerprint density at radius 2 is 1.94 bits per heavy atom. The average molecular weight is 236 g/mol. The van der Waals surface area contributed by atoms with E-state index in [0.29, 0.717) is 12.2 Å². The molecule has 0 amide bonds. The molecule has 0 saturated carbocycles. The van der Waals surface area contributed by atoms with Crippen LogP contribution in [0.25, 0.3) is 0 Å². The van der Waals surface area contributed by atoms with E-state index in [0.717, 1.165) is 12.8 Å². The zero-order chi connectivity index (χ0) is 12.5. The third-order valence-corrected chi connectivity index (χ3v) is 2.61. The molecule has 1 N–H and O–H groups in total. The third-order valence-electron chi connectivity index (χ3n) is 2.61. The van der Waals surface area contributed by atoms with E-state index in [1.807, 2.05) is 18.2 Å². The van der Waals surface area contributed by atoms with Crippen LogP contribution in [0.5, 0.6) is 0 Å². The molecule has 0 aliphatic carbocycles. The van der Waals surface area contributed by atoms with Crippen molar-refractivity contribution in [1.82, 2.24) is 0 Å². The SMILES string of the molecule is CCCCCCOC(C(=O)O)c1ccccc1. The Bertz CT molecular complexity index is 321. The Morgan fingerprint density at radius 3 is 2.53 bits per heavy atom. The highest BCUT2D eigenvalue weighted by molar-refractivity contribution is 5.74. The number of carbonyl (C=O) groups is 1. The van der Waals surface area contributed by atoms with Crippen LogP contribution in [-0.4, -0.2) is 17.7 Å². The summed E-state index contributed by atoms with van der Waals surface area (Å²) in [6.45, 7) is 2.65. The van der Waals surface area contributed by atoms with Crippen molar-refractivity contribution in [3.05, 3.63) is 35.9 Å². The molecule has 0 aliphatic rings. The fraction of sp³-hybridized carbons (Fsp3) is 0.500. The van der Waals surface area contributed by atoms with Crippen molar-refractivity contribution < 1.29 is 14.6 Å². The maximum atomic E-state index is 11.1. The summed E-state index contributed by atoms with van der Waals surface area (Å²) in [6.07, 6.45) is 3.52. The van der Waals surface area contributed by atoms with Crippen molar-refractivity contribution in [1.29, 1.82) is 0 Å². The van der Waals surface area contributed by atoms with Gasteiger partial charge in [-0.15, -0.1) is 0 Å². The van der Waals surface area contributed by atoms with Gasteiger partial charge in [0.25, 0.3) is 0 Å². The summed E-state index contributed by atoms with van der Waals surface area (Å²) in [4.78, 5) is 11.1. The summed E-state index contributed by atoms with van der Waals surface area (Å²) in [6, 6.07) is 9.08. The number of ether oxygens (including phenoxy) is 1. The summed E-state index contributed by atoms with van der Waals surface area (Å²) in [7, 11) is 0. The molecule has 94 valence electrons. The first kappa shape index (κ1) is 13.7. The zero-order valence-electron chi connectivity index (χ0n) is 10.3. The quantitative estimate of drug-likeness (QED) is 0.703. The van der Waals surface area contributed by atoms with Crippen LogP contribution in [0.1, 0.15) is 44.3 Å². The predicted molar refractivity (Wildman–Crippen MR) is 66.9 cm³/mol. The van der Waals surface area contributed by atoms with E-state index in [9.17, 15) is 4.79 Å². The van der Waals surface area contributed by atoms with Gasteiger partial charge in [-0.1, -0.05) is 56.5 Å². The minimum Gasteiger partial charge on any atom is -0.479 e. The monoisotopic (exact) mass is 236 g/mol. The van der Waals surface area contributed by atoms with Crippen LogP contribution in [-0.2, 0) is 9.53 Å². The standard InChI is InChI=1S/C14H20O3/c1-2-3-4-8-11-17-13(14(15)16)12-9-6-5-7-10-12/h5-7,9-10,13H,2-4,8,11H2,1H3,(H,15,16). The van der Waals surface area contributed by atoms with Crippen LogP contribution in [0.15, 0.2) is 30.3 Å². The highest BCUT2D eigenvalue weighted by Crippen LogP contribution is 2.17. The van der Waals surface area contributed by atoms with Crippen LogP contribution in [0.3, 0.4) is 0 Å². The fourth-order valence-corrected chi connectivity index (χ4v) is 1.67. The summed E-state index contributed by atoms with van der Waals surface area (Å²) >= 11 is 0. The number of rotatable bonds is 8. The second-order valence-electron chi connectivity index (χ2n) is 4.06. The Labute approximate surface area is 102 Å². The predicted octanol–water partition coefficient (Wildman–Crippen LogP) is 3.41. The van der Waals surface area contributed by atoms with Crippen molar-refractivity contribution >= 4 is 5.97 Å². The molecule has 0 heterocycles. The molecule has 1 aromatic carbocycles. The molecule has 1 rings (SSSR count). The average Bonchev–Trinajstić information content (AvgIpc) is 2.34. The number of hydrogen-bond donors (Lipinski definition) is 1. The minimum atomic E-state index is -0.924. The van der Waals surface area contributed by atoms with E-state index in [-0.39, 0.29) is 0 Å². The molecule has 3 nitrogen and oxygen atoms in total. The Morgan fingerprint density at radius 1 is 1.24 bits per heavy atom. The first-order valence-electron chi connectivity index (χ1n) is 6.15. The zero-order valence-corrected chi connectivity index (χ0v) is 10.3. The minimum absolute atomic E-state index is 0.506. The van der Waals surface area contributed by atoms with Gasteiger partial charge in [0.1, 0.15) is 0 Å². The van der Waals surface area contributed by atoms with Gasteiger partial charge in [0.05, 0.1) is 0 Å². The summed E-state index contributed by atoms with van der Waals surface area (Å²) in [5, 5.41) is 9.10. The molecular formula is C14H20O3. The molecule has 1 unspecified atom stereocenters. The molecule has 17 heavy (non-hydrogen) atoms. The van der Waals surface area contributed by atoms with Gasteiger partial charge in [-0.25, -0.2) is 4.79 Å². The molecule has 0 bridgehead atoms. The lowest BCUT2D eigenvalue weighted by Crippen LogP contribution is -2.15. The number of benzene rings is 1. The largest absolute Gasteiger partial charge is 0.479 e.